The Bertz CT molecular complexity index is 1450. The van der Waals surface area contributed by atoms with Crippen LogP contribution in [-0.2, 0) is 14.7 Å². The second-order valence-electron chi connectivity index (χ2n) is 10.8. The van der Waals surface area contributed by atoms with E-state index in [4.69, 9.17) is 9.31 Å². The molecule has 3 aliphatic carbocycles. The monoisotopic (exact) mass is 448 g/mol. The van der Waals surface area contributed by atoms with Gasteiger partial charge in [0, 0.05) is 0 Å². The maximum atomic E-state index is 14.8. The topological polar surface area (TPSA) is 18.5 Å². The van der Waals surface area contributed by atoms with Crippen LogP contribution in [0.4, 0.5) is 4.39 Å². The summed E-state index contributed by atoms with van der Waals surface area (Å²) in [6, 6.07) is 20.3. The van der Waals surface area contributed by atoms with E-state index in [1.54, 1.807) is 12.1 Å². The van der Waals surface area contributed by atoms with E-state index in [0.717, 1.165) is 23.0 Å². The molecule has 1 heterocycles. The van der Waals surface area contributed by atoms with E-state index in [9.17, 15) is 4.39 Å². The first-order valence-electron chi connectivity index (χ1n) is 12.1. The average molecular weight is 448 g/mol. The van der Waals surface area contributed by atoms with Gasteiger partial charge in [0.2, 0.25) is 0 Å². The number of allylic oxidation sites excluding steroid dienone is 4. The quantitative estimate of drug-likeness (QED) is 0.415. The van der Waals surface area contributed by atoms with Gasteiger partial charge in [0.05, 0.1) is 16.6 Å². The van der Waals surface area contributed by atoms with E-state index in [1.807, 2.05) is 6.07 Å². The zero-order valence-corrected chi connectivity index (χ0v) is 19.9. The average Bonchev–Trinajstić information content (AvgIpc) is 3.50. The molecule has 0 aromatic heterocycles. The first kappa shape index (κ1) is 20.4. The first-order chi connectivity index (χ1) is 16.3. The van der Waals surface area contributed by atoms with Crippen LogP contribution in [0.25, 0.3) is 16.7 Å². The Hall–Kier alpha value is -2.95. The van der Waals surface area contributed by atoms with Gasteiger partial charge in [-0.3, -0.25) is 0 Å². The summed E-state index contributed by atoms with van der Waals surface area (Å²) in [5, 5.41) is 0. The van der Waals surface area contributed by atoms with Crippen molar-refractivity contribution in [2.45, 2.75) is 50.7 Å². The zero-order valence-electron chi connectivity index (χ0n) is 19.9. The minimum absolute atomic E-state index is 0.206. The highest BCUT2D eigenvalue weighted by Crippen LogP contribution is 2.63. The maximum Gasteiger partial charge on any atom is 0.495 e. The summed E-state index contributed by atoms with van der Waals surface area (Å²) >= 11 is 0. The van der Waals surface area contributed by atoms with Crippen LogP contribution in [0.15, 0.2) is 78.4 Å². The Morgan fingerprint density at radius 1 is 0.794 bits per heavy atom. The molecule has 1 aliphatic heterocycles. The number of halogens is 1. The van der Waals surface area contributed by atoms with Crippen molar-refractivity contribution in [3.8, 4) is 11.1 Å². The highest BCUT2D eigenvalue weighted by Gasteiger charge is 2.58. The zero-order chi connectivity index (χ0) is 23.5. The largest absolute Gasteiger partial charge is 0.495 e. The van der Waals surface area contributed by atoms with Crippen LogP contribution in [0.5, 0.6) is 0 Å². The van der Waals surface area contributed by atoms with Gasteiger partial charge >= 0.3 is 7.12 Å². The fourth-order valence-corrected chi connectivity index (χ4v) is 6.49. The van der Waals surface area contributed by atoms with E-state index in [0.29, 0.717) is 0 Å². The van der Waals surface area contributed by atoms with Gasteiger partial charge in [0.1, 0.15) is 5.82 Å². The number of benzene rings is 3. The molecular weight excluding hydrogens is 422 g/mol. The maximum absolute atomic E-state index is 14.8. The van der Waals surface area contributed by atoms with Gasteiger partial charge in [0.15, 0.2) is 0 Å². The van der Waals surface area contributed by atoms with Gasteiger partial charge in [-0.2, -0.15) is 0 Å². The van der Waals surface area contributed by atoms with Crippen molar-refractivity contribution in [2.75, 3.05) is 0 Å². The molecule has 0 saturated carbocycles. The van der Waals surface area contributed by atoms with Gasteiger partial charge < -0.3 is 9.31 Å². The van der Waals surface area contributed by atoms with Crippen molar-refractivity contribution in [3.63, 3.8) is 0 Å². The Kier molecular flexibility index (Phi) is 3.83. The molecule has 0 bridgehead atoms. The number of hydrogen-bond acceptors (Lipinski definition) is 2. The van der Waals surface area contributed by atoms with Gasteiger partial charge in [-0.1, -0.05) is 60.7 Å². The summed E-state index contributed by atoms with van der Waals surface area (Å²) in [5.74, 6) is -0.206. The Morgan fingerprint density at radius 3 is 2.32 bits per heavy atom. The molecule has 168 valence electrons. The molecule has 1 unspecified atom stereocenters. The normalized spacial score (nSPS) is 24.6. The third-order valence-corrected chi connectivity index (χ3v) is 8.66. The van der Waals surface area contributed by atoms with E-state index in [-0.39, 0.29) is 5.82 Å². The molecule has 0 amide bonds. The molecule has 4 aliphatic rings. The lowest BCUT2D eigenvalue weighted by atomic mass is 9.62. The molecular formula is C30H26BFO2. The molecule has 1 atom stereocenters. The molecule has 34 heavy (non-hydrogen) atoms. The van der Waals surface area contributed by atoms with Gasteiger partial charge in [0.25, 0.3) is 0 Å². The highest BCUT2D eigenvalue weighted by molar-refractivity contribution is 6.63. The van der Waals surface area contributed by atoms with Gasteiger partial charge in [-0.15, -0.1) is 0 Å². The fourth-order valence-electron chi connectivity index (χ4n) is 6.49. The SMILES string of the molecule is CC1(C)OB(c2cccc3c2C2(C4=C(C=CC4)c4ccc(F)cc42)c2ccccc2-3)OC1(C)C. The smallest absolute Gasteiger partial charge is 0.399 e. The lowest BCUT2D eigenvalue weighted by Gasteiger charge is -2.34. The molecule has 0 N–H and O–H groups in total. The second kappa shape index (κ2) is 6.38. The summed E-state index contributed by atoms with van der Waals surface area (Å²) in [7, 11) is -0.498. The molecule has 7 rings (SSSR count). The molecule has 1 fully saturated rings. The molecule has 1 spiro atoms. The van der Waals surface area contributed by atoms with Crippen LogP contribution in [0, 0.1) is 5.82 Å². The summed E-state index contributed by atoms with van der Waals surface area (Å²) in [6.45, 7) is 8.34. The lowest BCUT2D eigenvalue weighted by Crippen LogP contribution is -2.42. The summed E-state index contributed by atoms with van der Waals surface area (Å²) in [6.07, 6.45) is 5.28. The van der Waals surface area contributed by atoms with Crippen LogP contribution in [0.1, 0.15) is 56.4 Å². The van der Waals surface area contributed by atoms with Crippen LogP contribution in [0.3, 0.4) is 0 Å². The third kappa shape index (κ3) is 2.28. The molecule has 0 radical (unpaired) electrons. The van der Waals surface area contributed by atoms with Crippen LogP contribution in [0.2, 0.25) is 0 Å². The molecule has 3 aromatic rings. The second-order valence-corrected chi connectivity index (χ2v) is 10.8. The fraction of sp³-hybridized carbons (Fsp3) is 0.267. The van der Waals surface area contributed by atoms with Crippen LogP contribution in [-0.4, -0.2) is 18.3 Å². The third-order valence-electron chi connectivity index (χ3n) is 8.66. The summed E-state index contributed by atoms with van der Waals surface area (Å²) in [4.78, 5) is 0. The van der Waals surface area contributed by atoms with Crippen molar-refractivity contribution in [2.24, 2.45) is 0 Å². The summed E-state index contributed by atoms with van der Waals surface area (Å²) < 4.78 is 28.0. The van der Waals surface area contributed by atoms with Gasteiger partial charge in [-0.05, 0) is 96.2 Å². The first-order valence-corrected chi connectivity index (χ1v) is 12.1. The molecule has 1 saturated heterocycles. The lowest BCUT2D eigenvalue weighted by molar-refractivity contribution is 0.00578. The Labute approximate surface area is 200 Å². The Balaban J connectivity index is 1.59. The molecule has 2 nitrogen and oxygen atoms in total. The minimum atomic E-state index is -0.553. The predicted molar refractivity (Wildman–Crippen MR) is 135 cm³/mol. The van der Waals surface area contributed by atoms with E-state index >= 15 is 0 Å². The minimum Gasteiger partial charge on any atom is -0.399 e. The van der Waals surface area contributed by atoms with Crippen LogP contribution < -0.4 is 5.46 Å². The van der Waals surface area contributed by atoms with Gasteiger partial charge in [-0.25, -0.2) is 4.39 Å². The van der Waals surface area contributed by atoms with Crippen molar-refractivity contribution >= 4 is 18.2 Å². The highest BCUT2D eigenvalue weighted by atomic mass is 19.1. The number of fused-ring (bicyclic) bond motifs is 9. The summed E-state index contributed by atoms with van der Waals surface area (Å²) in [5.41, 5.74) is 9.05. The van der Waals surface area contributed by atoms with Crippen LogP contribution >= 0.6 is 0 Å². The Morgan fingerprint density at radius 2 is 1.53 bits per heavy atom. The predicted octanol–water partition coefficient (Wildman–Crippen LogP) is 6.17. The van der Waals surface area contributed by atoms with Crippen molar-refractivity contribution < 1.29 is 13.7 Å². The van der Waals surface area contributed by atoms with E-state index < -0.39 is 23.7 Å². The van der Waals surface area contributed by atoms with Crippen molar-refractivity contribution in [1.82, 2.24) is 0 Å². The standard InChI is InChI=1S/C30H26BFO2/c1-28(2)29(3,4)34-31(33-28)26-14-8-11-22-20-9-5-6-12-23(20)30(27(22)26)24-13-7-10-19(24)21-16-15-18(32)17-25(21)30/h5-12,14-17H,13H2,1-4H3. The van der Waals surface area contributed by atoms with E-state index in [1.165, 1.54) is 33.4 Å². The molecule has 3 aromatic carbocycles. The number of rotatable bonds is 1. The van der Waals surface area contributed by atoms with E-state index in [2.05, 4.69) is 82.3 Å². The molecule has 4 heteroatoms. The number of hydrogen-bond donors (Lipinski definition) is 0. The van der Waals surface area contributed by atoms with Crippen molar-refractivity contribution in [1.29, 1.82) is 0 Å². The van der Waals surface area contributed by atoms with Crippen molar-refractivity contribution in [3.05, 3.63) is 106 Å².